The molecular formula is C127H129BN8. The van der Waals surface area contributed by atoms with Crippen molar-refractivity contribution in [1.82, 2.24) is 0 Å². The first-order valence-electron chi connectivity index (χ1n) is 48.0. The Morgan fingerprint density at radius 2 is 0.206 bits per heavy atom. The van der Waals surface area contributed by atoms with Crippen molar-refractivity contribution in [2.75, 3.05) is 39.2 Å². The molecule has 8 nitrogen and oxygen atoms in total. The van der Waals surface area contributed by atoms with Gasteiger partial charge in [0.25, 0.3) is 0 Å². The summed E-state index contributed by atoms with van der Waals surface area (Å²) in [5.74, 6) is 0. The summed E-state index contributed by atoms with van der Waals surface area (Å²) in [7, 11) is 2.20. The molecule has 0 saturated heterocycles. The van der Waals surface area contributed by atoms with E-state index in [9.17, 15) is 0 Å². The van der Waals surface area contributed by atoms with Crippen molar-refractivity contribution in [1.29, 1.82) is 0 Å². The maximum absolute atomic E-state index is 2.50. The monoisotopic (exact) mass is 1780 g/mol. The van der Waals surface area contributed by atoms with Gasteiger partial charge in [-0.1, -0.05) is 177 Å². The van der Waals surface area contributed by atoms with Crippen molar-refractivity contribution in [2.45, 2.75) is 173 Å². The summed E-state index contributed by atoms with van der Waals surface area (Å²) < 4.78 is 0. The van der Waals surface area contributed by atoms with Gasteiger partial charge in [0, 0.05) is 91.0 Å². The minimum Gasteiger partial charge on any atom is -0.311 e. The lowest BCUT2D eigenvalue weighted by Gasteiger charge is -2.33. The van der Waals surface area contributed by atoms with E-state index in [1.165, 1.54) is 190 Å². The number of benzene rings is 17. The molecule has 17 aromatic carbocycles. The third-order valence-corrected chi connectivity index (χ3v) is 27.0. The van der Waals surface area contributed by atoms with Gasteiger partial charge in [-0.25, -0.2) is 0 Å². The van der Waals surface area contributed by atoms with E-state index >= 15 is 0 Å². The Hall–Kier alpha value is -14.8. The first kappa shape index (κ1) is 93.0. The zero-order valence-corrected chi connectivity index (χ0v) is 84.6. The van der Waals surface area contributed by atoms with Crippen LogP contribution in [0.5, 0.6) is 0 Å². The Bertz CT molecular complexity index is 6640. The highest BCUT2D eigenvalue weighted by molar-refractivity contribution is 6.32. The summed E-state index contributed by atoms with van der Waals surface area (Å²) in [6.45, 7) is 55.7. The van der Waals surface area contributed by atoms with Crippen LogP contribution in [0.2, 0.25) is 0 Å². The first-order valence-corrected chi connectivity index (χ1v) is 48.0. The van der Waals surface area contributed by atoms with E-state index in [-0.39, 0.29) is 0 Å². The average Bonchev–Trinajstić information content (AvgIpc) is 0.758. The lowest BCUT2D eigenvalue weighted by Crippen LogP contribution is -2.18. The number of hydrogen-bond donors (Lipinski definition) is 0. The second kappa shape index (κ2) is 38.3. The largest absolute Gasteiger partial charge is 0.311 e. The third-order valence-electron chi connectivity index (χ3n) is 27.0. The molecule has 0 aliphatic heterocycles. The summed E-state index contributed by atoms with van der Waals surface area (Å²) in [5, 5.41) is 0. The number of hydrogen-bond acceptors (Lipinski definition) is 8. The SMILES string of the molecule is Bc1cc(C)c(N(c2ccc(N(c3ccc(N(c4ccc(C)cc4)c4ccc(N(c5ccc(N(c6ccc(C)cc6)c6ccc(N(c7ccc(N(c8c(C)cc(C)cc8C)c8c(C)cc(C)cc8C)cc7)c7c(C)cc(C)cc7C)cc6)cc5)c5ccc(N(c6c(C)cc(C)cc6C)c6c(C)cc(C)cc6C)cc5)cc4)cc3)c3c(C)cc(C)cc3C)cc2)c2c(C)cc(C)cc2C)c(C)c1. The summed E-state index contributed by atoms with van der Waals surface area (Å²) in [6, 6.07) is 119. The number of aryl methyl sites for hydroxylation is 25. The van der Waals surface area contributed by atoms with Crippen LogP contribution < -0.4 is 44.7 Å². The molecule has 0 aliphatic carbocycles. The third kappa shape index (κ3) is 18.6. The van der Waals surface area contributed by atoms with Crippen molar-refractivity contribution in [3.63, 3.8) is 0 Å². The van der Waals surface area contributed by atoms with Gasteiger partial charge in [0.2, 0.25) is 0 Å². The highest BCUT2D eigenvalue weighted by Crippen LogP contribution is 2.52. The highest BCUT2D eigenvalue weighted by Gasteiger charge is 2.30. The Kier molecular flexibility index (Phi) is 26.2. The predicted octanol–water partition coefficient (Wildman–Crippen LogP) is 35.4. The van der Waals surface area contributed by atoms with Crippen molar-refractivity contribution < 1.29 is 0 Å². The lowest BCUT2D eigenvalue weighted by atomic mass is 9.90. The van der Waals surface area contributed by atoms with Crippen molar-refractivity contribution in [3.05, 3.63) is 455 Å². The number of anilines is 24. The Morgan fingerprint density at radius 1 is 0.110 bits per heavy atom. The number of nitrogens with zero attached hydrogens (tertiary/aromatic N) is 8. The highest BCUT2D eigenvalue weighted by atomic mass is 15.2. The Balaban J connectivity index is 0.761. The molecule has 0 fully saturated rings. The number of rotatable bonds is 24. The molecule has 0 N–H and O–H groups in total. The normalized spacial score (nSPS) is 11.3. The van der Waals surface area contributed by atoms with Gasteiger partial charge in [-0.15, -0.1) is 0 Å². The predicted molar refractivity (Wildman–Crippen MR) is 591 cm³/mol. The van der Waals surface area contributed by atoms with Gasteiger partial charge in [0.15, 0.2) is 0 Å². The van der Waals surface area contributed by atoms with Crippen molar-refractivity contribution in [3.8, 4) is 0 Å². The fourth-order valence-electron chi connectivity index (χ4n) is 22.1. The molecule has 0 aliphatic rings. The van der Waals surface area contributed by atoms with Crippen molar-refractivity contribution in [2.24, 2.45) is 0 Å². The van der Waals surface area contributed by atoms with Gasteiger partial charge < -0.3 is 39.2 Å². The molecule has 0 spiro atoms. The summed E-state index contributed by atoms with van der Waals surface area (Å²) >= 11 is 0. The van der Waals surface area contributed by atoms with Crippen molar-refractivity contribution >= 4 is 150 Å². The van der Waals surface area contributed by atoms with Gasteiger partial charge in [-0.3, -0.25) is 0 Å². The molecule has 0 atom stereocenters. The quantitative estimate of drug-likeness (QED) is 0.0552. The van der Waals surface area contributed by atoms with Crippen LogP contribution in [0.4, 0.5) is 136 Å². The van der Waals surface area contributed by atoms with Gasteiger partial charge in [0.1, 0.15) is 7.85 Å². The zero-order valence-electron chi connectivity index (χ0n) is 84.6. The molecular weight excluding hydrogens is 1650 g/mol. The van der Waals surface area contributed by atoms with Gasteiger partial charge in [-0.05, 0) is 456 Å². The smallest absolute Gasteiger partial charge is 0.139 e. The molecule has 0 saturated carbocycles. The fourth-order valence-corrected chi connectivity index (χ4v) is 22.1. The van der Waals surface area contributed by atoms with E-state index in [1.807, 2.05) is 0 Å². The summed E-state index contributed by atoms with van der Waals surface area (Å²) in [5.41, 5.74) is 58.5. The molecule has 17 rings (SSSR count). The van der Waals surface area contributed by atoms with Crippen LogP contribution in [0.3, 0.4) is 0 Å². The standard InChI is InChI=1S/C127H129BN8/c1-78-26-30-104(31-27-78)129(110-42-48-113(49-43-110)132(120-87(10)62-80(3)63-88(120)11)115-52-58-118(59-53-115)135(124-95(18)70-84(7)71-96(124)19)125-97(20)72-85(8)73-98(125)21)106-34-38-108(39-35-106)131(112-46-56-117(57-47-112)134(122-91(14)66-82(5)67-92(122)15)123-93(16)68-83(6)69-94(123)17)109-40-36-107(37-41-109)130(105-32-28-79(2)29-33-105)111-44-50-114(51-45-111)133(121-89(12)64-81(4)65-90(121)13)116-54-60-119(61-55-116)136(126-99(22)74-86(9)75-100(126)23)127-101(24)76-103(128)77-102(127)25/h26-77H,128H2,1-25H3. The second-order valence-electron chi connectivity index (χ2n) is 38.9. The molecule has 0 bridgehead atoms. The lowest BCUT2D eigenvalue weighted by molar-refractivity contribution is 1.16. The fraction of sp³-hybridized carbons (Fsp3) is 0.197. The van der Waals surface area contributed by atoms with Crippen LogP contribution >= 0.6 is 0 Å². The average molecular weight is 1780 g/mol. The van der Waals surface area contributed by atoms with Crippen LogP contribution in [0.1, 0.15) is 139 Å². The second-order valence-corrected chi connectivity index (χ2v) is 38.9. The molecule has 0 radical (unpaired) electrons. The van der Waals surface area contributed by atoms with E-state index in [4.69, 9.17) is 0 Å². The van der Waals surface area contributed by atoms with Gasteiger partial charge in [0.05, 0.1) is 45.5 Å². The minimum absolute atomic E-state index is 1.01. The van der Waals surface area contributed by atoms with E-state index < -0.39 is 0 Å². The molecule has 0 heterocycles. The van der Waals surface area contributed by atoms with Crippen LogP contribution in [-0.4, -0.2) is 7.85 Å². The van der Waals surface area contributed by atoms with Gasteiger partial charge in [-0.2, -0.15) is 0 Å². The van der Waals surface area contributed by atoms with Crippen LogP contribution in [-0.2, 0) is 0 Å². The maximum Gasteiger partial charge on any atom is 0.139 e. The van der Waals surface area contributed by atoms with Crippen LogP contribution in [0.15, 0.2) is 315 Å². The van der Waals surface area contributed by atoms with Crippen LogP contribution in [0, 0.1) is 173 Å². The van der Waals surface area contributed by atoms with Gasteiger partial charge >= 0.3 is 0 Å². The maximum atomic E-state index is 2.50. The molecule has 17 aromatic rings. The molecule has 9 heteroatoms. The van der Waals surface area contributed by atoms with E-state index in [2.05, 4.69) is 536 Å². The Morgan fingerprint density at radius 3 is 0.338 bits per heavy atom. The van der Waals surface area contributed by atoms with E-state index in [1.54, 1.807) is 0 Å². The summed E-state index contributed by atoms with van der Waals surface area (Å²) in [6.07, 6.45) is 0. The van der Waals surface area contributed by atoms with Crippen LogP contribution in [0.25, 0.3) is 0 Å². The molecule has 0 aromatic heterocycles. The molecule has 0 unspecified atom stereocenters. The minimum atomic E-state index is 1.01. The summed E-state index contributed by atoms with van der Waals surface area (Å²) in [4.78, 5) is 19.6. The Labute approximate surface area is 811 Å². The molecule has 136 heavy (non-hydrogen) atoms. The van der Waals surface area contributed by atoms with E-state index in [0.717, 1.165) is 91.0 Å². The topological polar surface area (TPSA) is 25.9 Å². The van der Waals surface area contributed by atoms with E-state index in [0.29, 0.717) is 0 Å². The molecule has 0 amide bonds. The molecule has 680 valence electrons. The first-order chi connectivity index (χ1) is 65.1. The zero-order chi connectivity index (χ0) is 96.3.